The number of carbonyl (C=O) groups excluding carboxylic acids is 1. The maximum absolute atomic E-state index is 12.6. The molecule has 0 unspecified atom stereocenters. The molecule has 1 fully saturated rings. The zero-order valence-electron chi connectivity index (χ0n) is 10.0. The first-order chi connectivity index (χ1) is 8.91. The highest BCUT2D eigenvalue weighted by Gasteiger charge is 2.46. The fraction of sp³-hybridized carbons (Fsp3) is 0.462. The summed E-state index contributed by atoms with van der Waals surface area (Å²) in [4.78, 5) is 12.0. The highest BCUT2D eigenvalue weighted by atomic mass is 19.4. The van der Waals surface area contributed by atoms with Crippen LogP contribution in [0.3, 0.4) is 0 Å². The van der Waals surface area contributed by atoms with Crippen LogP contribution in [0.2, 0.25) is 0 Å². The molecular weight excluding hydrogens is 259 g/mol. The first-order valence-corrected chi connectivity index (χ1v) is 6.06. The molecule has 1 N–H and O–H groups in total. The number of amides is 1. The first-order valence-electron chi connectivity index (χ1n) is 6.06. The number of ether oxygens (including phenoxy) is 1. The Morgan fingerprint density at radius 3 is 2.58 bits per heavy atom. The van der Waals surface area contributed by atoms with E-state index in [0.717, 1.165) is 31.4 Å². The standard InChI is InChI=1S/C13H12F3NO2/c14-13(15,16)8-2-3-9-10(6-8)19-7-12(4-1-5-12)11(18)17-9/h2-3,6H,1,4-5,7H2,(H,17,18). The summed E-state index contributed by atoms with van der Waals surface area (Å²) in [5.41, 5.74) is -1.02. The second-order valence-corrected chi connectivity index (χ2v) is 5.09. The number of hydrogen-bond acceptors (Lipinski definition) is 2. The van der Waals surface area contributed by atoms with E-state index in [-0.39, 0.29) is 18.3 Å². The number of nitrogens with one attached hydrogen (secondary N) is 1. The molecule has 1 aromatic carbocycles. The Morgan fingerprint density at radius 2 is 2.00 bits per heavy atom. The lowest BCUT2D eigenvalue weighted by Gasteiger charge is -2.37. The van der Waals surface area contributed by atoms with E-state index >= 15 is 0 Å². The molecule has 1 saturated carbocycles. The van der Waals surface area contributed by atoms with E-state index in [4.69, 9.17) is 4.74 Å². The number of benzene rings is 1. The van der Waals surface area contributed by atoms with Crippen molar-refractivity contribution in [3.8, 4) is 5.75 Å². The molecule has 3 rings (SSSR count). The topological polar surface area (TPSA) is 38.3 Å². The molecule has 0 aromatic heterocycles. The van der Waals surface area contributed by atoms with Gasteiger partial charge in [0.1, 0.15) is 12.4 Å². The molecule has 0 bridgehead atoms. The molecule has 1 spiro atoms. The summed E-state index contributed by atoms with van der Waals surface area (Å²) in [5.74, 6) is -0.0655. The molecule has 102 valence electrons. The Kier molecular flexibility index (Phi) is 2.52. The van der Waals surface area contributed by atoms with E-state index in [0.29, 0.717) is 5.69 Å². The van der Waals surface area contributed by atoms with Gasteiger partial charge in [-0.25, -0.2) is 0 Å². The van der Waals surface area contributed by atoms with Crippen molar-refractivity contribution < 1.29 is 22.7 Å². The quantitative estimate of drug-likeness (QED) is 0.786. The molecule has 6 heteroatoms. The van der Waals surface area contributed by atoms with Gasteiger partial charge in [-0.3, -0.25) is 4.79 Å². The molecule has 0 radical (unpaired) electrons. The molecule has 0 atom stereocenters. The maximum Gasteiger partial charge on any atom is 0.416 e. The molecule has 19 heavy (non-hydrogen) atoms. The minimum atomic E-state index is -4.41. The van der Waals surface area contributed by atoms with Crippen molar-refractivity contribution in [1.82, 2.24) is 0 Å². The molecule has 1 aliphatic heterocycles. The number of carbonyl (C=O) groups is 1. The summed E-state index contributed by atoms with van der Waals surface area (Å²) < 4.78 is 43.3. The first kappa shape index (κ1) is 12.3. The number of fused-ring (bicyclic) bond motifs is 1. The van der Waals surface area contributed by atoms with Crippen LogP contribution < -0.4 is 10.1 Å². The van der Waals surface area contributed by atoms with Crippen LogP contribution in [0.5, 0.6) is 5.75 Å². The predicted molar refractivity (Wildman–Crippen MR) is 61.9 cm³/mol. The van der Waals surface area contributed by atoms with Crippen molar-refractivity contribution in [3.05, 3.63) is 23.8 Å². The molecule has 3 nitrogen and oxygen atoms in total. The van der Waals surface area contributed by atoms with Crippen molar-refractivity contribution in [2.45, 2.75) is 25.4 Å². The Balaban J connectivity index is 1.94. The minimum Gasteiger partial charge on any atom is -0.490 e. The summed E-state index contributed by atoms with van der Waals surface area (Å²) in [6, 6.07) is 3.13. The number of anilines is 1. The maximum atomic E-state index is 12.6. The number of rotatable bonds is 0. The summed E-state index contributed by atoms with van der Waals surface area (Å²) >= 11 is 0. The van der Waals surface area contributed by atoms with Gasteiger partial charge in [0.25, 0.3) is 0 Å². The third-order valence-corrected chi connectivity index (χ3v) is 3.85. The second-order valence-electron chi connectivity index (χ2n) is 5.09. The predicted octanol–water partition coefficient (Wildman–Crippen LogP) is 3.21. The SMILES string of the molecule is O=C1Nc2ccc(C(F)(F)F)cc2OCC12CCC2. The van der Waals surface area contributed by atoms with E-state index in [9.17, 15) is 18.0 Å². The van der Waals surface area contributed by atoms with Gasteiger partial charge < -0.3 is 10.1 Å². The molecular formula is C13H12F3NO2. The third kappa shape index (κ3) is 1.95. The van der Waals surface area contributed by atoms with Crippen molar-refractivity contribution in [3.63, 3.8) is 0 Å². The van der Waals surface area contributed by atoms with Gasteiger partial charge in [-0.05, 0) is 31.0 Å². The summed E-state index contributed by atoms with van der Waals surface area (Å²) in [6.07, 6.45) is -2.03. The zero-order chi connectivity index (χ0) is 13.7. The highest BCUT2D eigenvalue weighted by molar-refractivity contribution is 5.98. The smallest absolute Gasteiger partial charge is 0.416 e. The van der Waals surface area contributed by atoms with Crippen molar-refractivity contribution in [2.75, 3.05) is 11.9 Å². The van der Waals surface area contributed by atoms with E-state index in [1.54, 1.807) is 0 Å². The van der Waals surface area contributed by atoms with E-state index < -0.39 is 17.2 Å². The lowest BCUT2D eigenvalue weighted by molar-refractivity contribution is -0.138. The van der Waals surface area contributed by atoms with E-state index in [1.807, 2.05) is 0 Å². The normalized spacial score (nSPS) is 20.9. The number of alkyl halides is 3. The Labute approximate surface area is 107 Å². The van der Waals surface area contributed by atoms with Gasteiger partial charge >= 0.3 is 6.18 Å². The lowest BCUT2D eigenvalue weighted by atomic mass is 9.69. The third-order valence-electron chi connectivity index (χ3n) is 3.85. The summed E-state index contributed by atoms with van der Waals surface area (Å²) in [7, 11) is 0. The van der Waals surface area contributed by atoms with Gasteiger partial charge in [0, 0.05) is 0 Å². The molecule has 1 amide bonds. The monoisotopic (exact) mass is 271 g/mol. The fourth-order valence-corrected chi connectivity index (χ4v) is 2.43. The van der Waals surface area contributed by atoms with Crippen LogP contribution in [0.15, 0.2) is 18.2 Å². The number of halogens is 3. The van der Waals surface area contributed by atoms with Crippen molar-refractivity contribution in [2.24, 2.45) is 5.41 Å². The molecule has 0 saturated heterocycles. The zero-order valence-corrected chi connectivity index (χ0v) is 10.0. The molecule has 1 heterocycles. The van der Waals surface area contributed by atoms with E-state index in [1.165, 1.54) is 6.07 Å². The fourth-order valence-electron chi connectivity index (χ4n) is 2.43. The van der Waals surface area contributed by atoms with Crippen LogP contribution >= 0.6 is 0 Å². The second kappa shape index (κ2) is 3.88. The van der Waals surface area contributed by atoms with Crippen LogP contribution in [-0.2, 0) is 11.0 Å². The van der Waals surface area contributed by atoms with Crippen LogP contribution in [0.4, 0.5) is 18.9 Å². The Hall–Kier alpha value is -1.72. The highest BCUT2D eigenvalue weighted by Crippen LogP contribution is 2.46. The average Bonchev–Trinajstić information content (AvgIpc) is 2.42. The lowest BCUT2D eigenvalue weighted by Crippen LogP contribution is -2.45. The Morgan fingerprint density at radius 1 is 1.26 bits per heavy atom. The van der Waals surface area contributed by atoms with Crippen LogP contribution in [-0.4, -0.2) is 12.5 Å². The largest absolute Gasteiger partial charge is 0.490 e. The van der Waals surface area contributed by atoms with E-state index in [2.05, 4.69) is 5.32 Å². The molecule has 2 aliphatic rings. The van der Waals surface area contributed by atoms with Crippen LogP contribution in [0.1, 0.15) is 24.8 Å². The van der Waals surface area contributed by atoms with Gasteiger partial charge in [0.2, 0.25) is 5.91 Å². The number of hydrogen-bond donors (Lipinski definition) is 1. The minimum absolute atomic E-state index is 0.0898. The van der Waals surface area contributed by atoms with Gasteiger partial charge in [-0.15, -0.1) is 0 Å². The molecule has 1 aromatic rings. The Bertz CT molecular complexity index is 535. The van der Waals surface area contributed by atoms with Gasteiger partial charge in [-0.1, -0.05) is 6.42 Å². The van der Waals surface area contributed by atoms with Gasteiger partial charge in [-0.2, -0.15) is 13.2 Å². The molecule has 1 aliphatic carbocycles. The van der Waals surface area contributed by atoms with Crippen molar-refractivity contribution >= 4 is 11.6 Å². The average molecular weight is 271 g/mol. The van der Waals surface area contributed by atoms with Gasteiger partial charge in [0.05, 0.1) is 16.7 Å². The summed E-state index contributed by atoms with van der Waals surface area (Å²) in [5, 5.41) is 2.66. The van der Waals surface area contributed by atoms with Crippen LogP contribution in [0, 0.1) is 5.41 Å². The van der Waals surface area contributed by atoms with Crippen molar-refractivity contribution in [1.29, 1.82) is 0 Å². The van der Waals surface area contributed by atoms with Crippen LogP contribution in [0.25, 0.3) is 0 Å². The summed E-state index contributed by atoms with van der Waals surface area (Å²) in [6.45, 7) is 0.146. The van der Waals surface area contributed by atoms with Gasteiger partial charge in [0.15, 0.2) is 0 Å².